The SMILES string of the molecule is COC1CN(C(=O)c2cc(C)ccc2C)CC1Oc1cccc(NS(=O)(=O)c2ccccc2)c1. The Morgan fingerprint density at radius 1 is 0.941 bits per heavy atom. The molecule has 1 saturated heterocycles. The van der Waals surface area contributed by atoms with Gasteiger partial charge in [-0.05, 0) is 49.7 Å². The Hall–Kier alpha value is -3.36. The Morgan fingerprint density at radius 2 is 1.68 bits per heavy atom. The van der Waals surface area contributed by atoms with Gasteiger partial charge in [0, 0.05) is 18.7 Å². The molecule has 2 unspecified atom stereocenters. The molecule has 178 valence electrons. The maximum atomic E-state index is 13.2. The second kappa shape index (κ2) is 9.87. The summed E-state index contributed by atoms with van der Waals surface area (Å²) in [5, 5.41) is 0. The van der Waals surface area contributed by atoms with Crippen LogP contribution in [0.5, 0.6) is 5.75 Å². The van der Waals surface area contributed by atoms with E-state index >= 15 is 0 Å². The lowest BCUT2D eigenvalue weighted by atomic mass is 10.0. The first-order valence-electron chi connectivity index (χ1n) is 11.0. The van der Waals surface area contributed by atoms with Crippen molar-refractivity contribution in [3.8, 4) is 5.75 Å². The lowest BCUT2D eigenvalue weighted by Gasteiger charge is -2.19. The molecule has 1 aliphatic heterocycles. The van der Waals surface area contributed by atoms with Crippen LogP contribution in [0.4, 0.5) is 5.69 Å². The predicted molar refractivity (Wildman–Crippen MR) is 131 cm³/mol. The minimum absolute atomic E-state index is 0.0567. The number of likely N-dealkylation sites (tertiary alicyclic amines) is 1. The van der Waals surface area contributed by atoms with E-state index in [1.54, 1.807) is 54.5 Å². The van der Waals surface area contributed by atoms with Gasteiger partial charge in [0.25, 0.3) is 15.9 Å². The Morgan fingerprint density at radius 3 is 2.41 bits per heavy atom. The highest BCUT2D eigenvalue weighted by Gasteiger charge is 2.37. The highest BCUT2D eigenvalue weighted by Crippen LogP contribution is 2.26. The fourth-order valence-corrected chi connectivity index (χ4v) is 5.08. The summed E-state index contributed by atoms with van der Waals surface area (Å²) in [5.74, 6) is 0.431. The zero-order valence-corrected chi connectivity index (χ0v) is 20.2. The second-order valence-corrected chi connectivity index (χ2v) is 10.1. The van der Waals surface area contributed by atoms with Gasteiger partial charge in [-0.15, -0.1) is 0 Å². The molecule has 7 nitrogen and oxygen atoms in total. The van der Waals surface area contributed by atoms with Gasteiger partial charge in [0.1, 0.15) is 18.0 Å². The van der Waals surface area contributed by atoms with Crippen molar-refractivity contribution in [2.24, 2.45) is 0 Å². The smallest absolute Gasteiger partial charge is 0.261 e. The van der Waals surface area contributed by atoms with Crippen LogP contribution in [0.3, 0.4) is 0 Å². The first-order chi connectivity index (χ1) is 16.3. The predicted octanol–water partition coefficient (Wildman–Crippen LogP) is 4.02. The summed E-state index contributed by atoms with van der Waals surface area (Å²) in [6, 6.07) is 20.8. The molecule has 1 amide bonds. The highest BCUT2D eigenvalue weighted by atomic mass is 32.2. The van der Waals surface area contributed by atoms with Crippen molar-refractivity contribution in [2.75, 3.05) is 24.9 Å². The van der Waals surface area contributed by atoms with Crippen molar-refractivity contribution in [3.63, 3.8) is 0 Å². The molecule has 8 heteroatoms. The number of aryl methyl sites for hydroxylation is 2. The van der Waals surface area contributed by atoms with E-state index in [0.717, 1.165) is 11.1 Å². The van der Waals surface area contributed by atoms with Gasteiger partial charge in [-0.3, -0.25) is 9.52 Å². The molecule has 2 atom stereocenters. The van der Waals surface area contributed by atoms with Gasteiger partial charge in [0.15, 0.2) is 0 Å². The van der Waals surface area contributed by atoms with E-state index in [9.17, 15) is 13.2 Å². The van der Waals surface area contributed by atoms with E-state index in [0.29, 0.717) is 30.1 Å². The fourth-order valence-electron chi connectivity index (χ4n) is 4.01. The normalized spacial score (nSPS) is 18.0. The number of benzene rings is 3. The molecule has 4 rings (SSSR count). The number of amides is 1. The number of nitrogens with zero attached hydrogens (tertiary/aromatic N) is 1. The van der Waals surface area contributed by atoms with E-state index in [4.69, 9.17) is 9.47 Å². The summed E-state index contributed by atoms with van der Waals surface area (Å²) in [6.45, 7) is 4.66. The number of sulfonamides is 1. The fraction of sp³-hybridized carbons (Fsp3) is 0.269. The van der Waals surface area contributed by atoms with Crippen LogP contribution in [0.2, 0.25) is 0 Å². The van der Waals surface area contributed by atoms with E-state index in [1.807, 2.05) is 32.0 Å². The lowest BCUT2D eigenvalue weighted by molar-refractivity contribution is 0.0340. The number of hydrogen-bond donors (Lipinski definition) is 1. The molecular weight excluding hydrogens is 452 g/mol. The van der Waals surface area contributed by atoms with Gasteiger partial charge in [0.2, 0.25) is 0 Å². The Balaban J connectivity index is 1.48. The number of carbonyl (C=O) groups excluding carboxylic acids is 1. The summed E-state index contributed by atoms with van der Waals surface area (Å²) in [6.07, 6.45) is -0.696. The molecule has 0 aromatic heterocycles. The quantitative estimate of drug-likeness (QED) is 0.552. The van der Waals surface area contributed by atoms with Gasteiger partial charge < -0.3 is 14.4 Å². The van der Waals surface area contributed by atoms with E-state index < -0.39 is 10.0 Å². The third-order valence-electron chi connectivity index (χ3n) is 5.86. The molecule has 0 aliphatic carbocycles. The van der Waals surface area contributed by atoms with Crippen LogP contribution < -0.4 is 9.46 Å². The molecule has 3 aromatic carbocycles. The molecule has 0 radical (unpaired) electrons. The first-order valence-corrected chi connectivity index (χ1v) is 12.5. The Kier molecular flexibility index (Phi) is 6.90. The Labute approximate surface area is 200 Å². The minimum Gasteiger partial charge on any atom is -0.486 e. The number of rotatable bonds is 7. The van der Waals surface area contributed by atoms with Crippen molar-refractivity contribution in [3.05, 3.63) is 89.5 Å². The van der Waals surface area contributed by atoms with Gasteiger partial charge in [-0.2, -0.15) is 0 Å². The molecule has 0 saturated carbocycles. The topological polar surface area (TPSA) is 84.9 Å². The largest absolute Gasteiger partial charge is 0.486 e. The summed E-state index contributed by atoms with van der Waals surface area (Å²) >= 11 is 0. The second-order valence-electron chi connectivity index (χ2n) is 8.41. The number of hydrogen-bond acceptors (Lipinski definition) is 5. The number of nitrogens with one attached hydrogen (secondary N) is 1. The van der Waals surface area contributed by atoms with Crippen molar-refractivity contribution < 1.29 is 22.7 Å². The van der Waals surface area contributed by atoms with Gasteiger partial charge in [-0.1, -0.05) is 42.0 Å². The summed E-state index contributed by atoms with van der Waals surface area (Å²) in [5.41, 5.74) is 3.01. The van der Waals surface area contributed by atoms with E-state index in [2.05, 4.69) is 4.72 Å². The van der Waals surface area contributed by atoms with Crippen molar-refractivity contribution >= 4 is 21.6 Å². The minimum atomic E-state index is -3.71. The number of methoxy groups -OCH3 is 1. The summed E-state index contributed by atoms with van der Waals surface area (Å²) in [4.78, 5) is 15.1. The maximum absolute atomic E-state index is 13.2. The highest BCUT2D eigenvalue weighted by molar-refractivity contribution is 7.92. The first kappa shape index (κ1) is 23.8. The molecule has 0 bridgehead atoms. The van der Waals surface area contributed by atoms with Crippen LogP contribution in [0.25, 0.3) is 0 Å². The van der Waals surface area contributed by atoms with Crippen molar-refractivity contribution in [2.45, 2.75) is 31.0 Å². The molecule has 1 N–H and O–H groups in total. The Bertz CT molecular complexity index is 1280. The molecular formula is C26H28N2O5S. The summed E-state index contributed by atoms with van der Waals surface area (Å²) < 4.78 is 39.6. The van der Waals surface area contributed by atoms with Gasteiger partial charge >= 0.3 is 0 Å². The maximum Gasteiger partial charge on any atom is 0.261 e. The van der Waals surface area contributed by atoms with E-state index in [1.165, 1.54) is 12.1 Å². The zero-order chi connectivity index (χ0) is 24.3. The van der Waals surface area contributed by atoms with E-state index in [-0.39, 0.29) is 23.0 Å². The van der Waals surface area contributed by atoms with Crippen LogP contribution in [-0.2, 0) is 14.8 Å². The van der Waals surface area contributed by atoms with Crippen LogP contribution >= 0.6 is 0 Å². The van der Waals surface area contributed by atoms with Crippen molar-refractivity contribution in [1.82, 2.24) is 4.90 Å². The van der Waals surface area contributed by atoms with Gasteiger partial charge in [0.05, 0.1) is 23.7 Å². The lowest BCUT2D eigenvalue weighted by Crippen LogP contribution is -2.32. The third kappa shape index (κ3) is 5.24. The monoisotopic (exact) mass is 480 g/mol. The molecule has 3 aromatic rings. The average Bonchev–Trinajstić information content (AvgIpc) is 3.23. The molecule has 1 aliphatic rings. The molecule has 1 heterocycles. The molecule has 34 heavy (non-hydrogen) atoms. The number of carbonyl (C=O) groups is 1. The number of anilines is 1. The zero-order valence-electron chi connectivity index (χ0n) is 19.4. The van der Waals surface area contributed by atoms with Crippen LogP contribution in [0.15, 0.2) is 77.7 Å². The molecule has 0 spiro atoms. The standard InChI is InChI=1S/C26H28N2O5S/c1-18-12-13-19(2)23(14-18)26(29)28-16-24(32-3)25(17-28)33-21-9-7-8-20(15-21)27-34(30,31)22-10-5-4-6-11-22/h4-15,24-25,27H,16-17H2,1-3H3. The van der Waals surface area contributed by atoms with Crippen LogP contribution in [0.1, 0.15) is 21.5 Å². The summed E-state index contributed by atoms with van der Waals surface area (Å²) in [7, 11) is -2.12. The van der Waals surface area contributed by atoms with Crippen LogP contribution in [-0.4, -0.2) is 51.6 Å². The molecule has 1 fully saturated rings. The van der Waals surface area contributed by atoms with Crippen LogP contribution in [0, 0.1) is 13.8 Å². The van der Waals surface area contributed by atoms with Crippen molar-refractivity contribution in [1.29, 1.82) is 0 Å². The third-order valence-corrected chi connectivity index (χ3v) is 7.25. The van der Waals surface area contributed by atoms with Gasteiger partial charge in [-0.25, -0.2) is 8.42 Å². The number of ether oxygens (including phenoxy) is 2. The average molecular weight is 481 g/mol.